The highest BCUT2D eigenvalue weighted by molar-refractivity contribution is 5.64. The molecule has 4 nitrogen and oxygen atoms in total. The van der Waals surface area contributed by atoms with Gasteiger partial charge in [-0.25, -0.2) is 0 Å². The second kappa shape index (κ2) is 4.05. The first kappa shape index (κ1) is 10.5. The molecule has 0 aliphatic rings. The van der Waals surface area contributed by atoms with Gasteiger partial charge in [0.05, 0.1) is 17.5 Å². The quantitative estimate of drug-likeness (QED) is 0.741. The van der Waals surface area contributed by atoms with Crippen molar-refractivity contribution >= 4 is 6.21 Å². The van der Waals surface area contributed by atoms with E-state index in [1.165, 1.54) is 6.21 Å². The van der Waals surface area contributed by atoms with Crippen molar-refractivity contribution in [1.82, 2.24) is 9.78 Å². The van der Waals surface area contributed by atoms with Crippen LogP contribution in [0.3, 0.4) is 0 Å². The lowest BCUT2D eigenvalue weighted by atomic mass is 10.1. The highest BCUT2D eigenvalue weighted by atomic mass is 15.3. The van der Waals surface area contributed by atoms with Crippen molar-refractivity contribution in [3.63, 3.8) is 0 Å². The molecule has 1 heterocycles. The van der Waals surface area contributed by atoms with Gasteiger partial charge in [-0.3, -0.25) is 4.68 Å². The van der Waals surface area contributed by atoms with Gasteiger partial charge in [-0.1, -0.05) is 6.92 Å². The Balaban J connectivity index is 3.27. The fourth-order valence-corrected chi connectivity index (χ4v) is 1.40. The molecule has 74 valence electrons. The first-order chi connectivity index (χ1) is 6.61. The summed E-state index contributed by atoms with van der Waals surface area (Å²) in [7, 11) is 0. The van der Waals surface area contributed by atoms with Crippen molar-refractivity contribution in [3.05, 3.63) is 17.5 Å². The Morgan fingerprint density at radius 1 is 1.57 bits per heavy atom. The number of rotatable bonds is 3. The fourth-order valence-electron chi connectivity index (χ4n) is 1.40. The zero-order chi connectivity index (χ0) is 10.7. The summed E-state index contributed by atoms with van der Waals surface area (Å²) in [6.07, 6.45) is 2.89. The maximum atomic E-state index is 8.88. The molecule has 1 atom stereocenters. The smallest absolute Gasteiger partial charge is 0.103 e. The van der Waals surface area contributed by atoms with Crippen molar-refractivity contribution in [1.29, 1.82) is 10.7 Å². The standard InChI is InChI=1S/C10H14N4/c1-7(2)14-10(8(3)4-11)9(5-12)6-13-14/h4,6-8,11H,1-3H3. The molecule has 0 spiro atoms. The monoisotopic (exact) mass is 190 g/mol. The van der Waals surface area contributed by atoms with E-state index in [0.717, 1.165) is 5.69 Å². The number of nitrogens with one attached hydrogen (secondary N) is 1. The summed E-state index contributed by atoms with van der Waals surface area (Å²) in [6, 6.07) is 2.32. The Bertz CT molecular complexity index is 370. The zero-order valence-corrected chi connectivity index (χ0v) is 8.65. The first-order valence-corrected chi connectivity index (χ1v) is 4.60. The molecule has 0 aromatic carbocycles. The van der Waals surface area contributed by atoms with Crippen LogP contribution < -0.4 is 0 Å². The number of hydrogen-bond donors (Lipinski definition) is 1. The second-order valence-electron chi connectivity index (χ2n) is 3.55. The molecular weight excluding hydrogens is 176 g/mol. The molecule has 0 fully saturated rings. The largest absolute Gasteiger partial charge is 0.312 e. The Kier molecular flexibility index (Phi) is 3.03. The topological polar surface area (TPSA) is 65.5 Å². The normalized spacial score (nSPS) is 12.5. The molecule has 0 saturated carbocycles. The van der Waals surface area contributed by atoms with Crippen LogP contribution in [0.1, 0.15) is 44.0 Å². The van der Waals surface area contributed by atoms with Crippen LogP contribution >= 0.6 is 0 Å². The zero-order valence-electron chi connectivity index (χ0n) is 8.65. The van der Waals surface area contributed by atoms with Crippen molar-refractivity contribution in [2.24, 2.45) is 0 Å². The molecule has 0 radical (unpaired) electrons. The molecule has 1 unspecified atom stereocenters. The third-order valence-corrected chi connectivity index (χ3v) is 2.12. The maximum absolute atomic E-state index is 8.88. The molecule has 1 N–H and O–H groups in total. The van der Waals surface area contributed by atoms with Gasteiger partial charge in [0.25, 0.3) is 0 Å². The Morgan fingerprint density at radius 2 is 2.21 bits per heavy atom. The van der Waals surface area contributed by atoms with E-state index in [4.69, 9.17) is 10.7 Å². The van der Waals surface area contributed by atoms with E-state index in [2.05, 4.69) is 11.2 Å². The van der Waals surface area contributed by atoms with Crippen LogP contribution in [0.25, 0.3) is 0 Å². The molecule has 14 heavy (non-hydrogen) atoms. The van der Waals surface area contributed by atoms with Gasteiger partial charge < -0.3 is 5.41 Å². The molecule has 0 aliphatic heterocycles. The average molecular weight is 190 g/mol. The summed E-state index contributed by atoms with van der Waals surface area (Å²) < 4.78 is 1.80. The molecule has 0 bridgehead atoms. The molecule has 0 aliphatic carbocycles. The van der Waals surface area contributed by atoms with Crippen LogP contribution in [-0.4, -0.2) is 16.0 Å². The Hall–Kier alpha value is -1.63. The molecule has 1 rings (SSSR count). The van der Waals surface area contributed by atoms with Gasteiger partial charge in [-0.15, -0.1) is 0 Å². The van der Waals surface area contributed by atoms with E-state index < -0.39 is 0 Å². The Labute approximate surface area is 83.7 Å². The summed E-state index contributed by atoms with van der Waals surface area (Å²) in [4.78, 5) is 0. The van der Waals surface area contributed by atoms with Gasteiger partial charge >= 0.3 is 0 Å². The van der Waals surface area contributed by atoms with Crippen LogP contribution in [0, 0.1) is 16.7 Å². The molecule has 0 amide bonds. The van der Waals surface area contributed by atoms with Gasteiger partial charge in [0.2, 0.25) is 0 Å². The summed E-state index contributed by atoms with van der Waals surface area (Å²) >= 11 is 0. The summed E-state index contributed by atoms with van der Waals surface area (Å²) in [5, 5.41) is 20.2. The number of aromatic nitrogens is 2. The van der Waals surface area contributed by atoms with Crippen molar-refractivity contribution < 1.29 is 0 Å². The number of hydrogen-bond acceptors (Lipinski definition) is 3. The van der Waals surface area contributed by atoms with Gasteiger partial charge in [0.1, 0.15) is 6.07 Å². The predicted molar refractivity (Wildman–Crippen MR) is 54.5 cm³/mol. The van der Waals surface area contributed by atoms with Crippen molar-refractivity contribution in [3.8, 4) is 6.07 Å². The third kappa shape index (κ3) is 1.67. The highest BCUT2D eigenvalue weighted by Gasteiger charge is 2.16. The fraction of sp³-hybridized carbons (Fsp3) is 0.500. The van der Waals surface area contributed by atoms with E-state index in [-0.39, 0.29) is 12.0 Å². The highest BCUT2D eigenvalue weighted by Crippen LogP contribution is 2.20. The van der Waals surface area contributed by atoms with Crippen LogP contribution in [0.5, 0.6) is 0 Å². The Morgan fingerprint density at radius 3 is 2.64 bits per heavy atom. The van der Waals surface area contributed by atoms with E-state index >= 15 is 0 Å². The molecule has 1 aromatic heterocycles. The lowest BCUT2D eigenvalue weighted by Gasteiger charge is -2.13. The SMILES string of the molecule is CC(C=N)c1c(C#N)cnn1C(C)C. The van der Waals surface area contributed by atoms with Crippen LogP contribution in [0.4, 0.5) is 0 Å². The first-order valence-electron chi connectivity index (χ1n) is 4.60. The minimum absolute atomic E-state index is 0.0606. The third-order valence-electron chi connectivity index (χ3n) is 2.12. The molecular formula is C10H14N4. The number of nitrogens with zero attached hydrogens (tertiary/aromatic N) is 3. The van der Waals surface area contributed by atoms with E-state index in [1.807, 2.05) is 20.8 Å². The summed E-state index contributed by atoms with van der Waals surface area (Å²) in [5.74, 6) is -0.0606. The van der Waals surface area contributed by atoms with Crippen LogP contribution in [0.15, 0.2) is 6.20 Å². The minimum atomic E-state index is -0.0606. The average Bonchev–Trinajstić information content (AvgIpc) is 2.59. The van der Waals surface area contributed by atoms with Gasteiger partial charge in [-0.05, 0) is 13.8 Å². The van der Waals surface area contributed by atoms with E-state index in [9.17, 15) is 0 Å². The van der Waals surface area contributed by atoms with E-state index in [1.54, 1.807) is 10.9 Å². The van der Waals surface area contributed by atoms with Crippen molar-refractivity contribution in [2.45, 2.75) is 32.7 Å². The molecule has 1 aromatic rings. The van der Waals surface area contributed by atoms with Crippen molar-refractivity contribution in [2.75, 3.05) is 0 Å². The predicted octanol–water partition coefficient (Wildman–Crippen LogP) is 2.09. The van der Waals surface area contributed by atoms with Gasteiger partial charge in [-0.2, -0.15) is 10.4 Å². The summed E-state index contributed by atoms with van der Waals surface area (Å²) in [5.41, 5.74) is 1.40. The maximum Gasteiger partial charge on any atom is 0.103 e. The minimum Gasteiger partial charge on any atom is -0.312 e. The molecule has 4 heteroatoms. The van der Waals surface area contributed by atoms with Crippen LogP contribution in [0.2, 0.25) is 0 Å². The second-order valence-corrected chi connectivity index (χ2v) is 3.55. The lowest BCUT2D eigenvalue weighted by Crippen LogP contribution is -2.11. The molecule has 0 saturated heterocycles. The van der Waals surface area contributed by atoms with Gasteiger partial charge in [0, 0.05) is 18.2 Å². The van der Waals surface area contributed by atoms with Gasteiger partial charge in [0.15, 0.2) is 0 Å². The summed E-state index contributed by atoms with van der Waals surface area (Å²) in [6.45, 7) is 5.91. The number of nitriles is 1. The van der Waals surface area contributed by atoms with Crippen LogP contribution in [-0.2, 0) is 0 Å². The van der Waals surface area contributed by atoms with E-state index in [0.29, 0.717) is 5.56 Å². The lowest BCUT2D eigenvalue weighted by molar-refractivity contribution is 0.507.